The molecule has 4 heterocycles. The second kappa shape index (κ2) is 14.2. The van der Waals surface area contributed by atoms with E-state index >= 15 is 0 Å². The zero-order chi connectivity index (χ0) is 28.4. The number of rotatable bonds is 9. The highest BCUT2D eigenvalue weighted by molar-refractivity contribution is 6.29. The lowest BCUT2D eigenvalue weighted by molar-refractivity contribution is 0.605. The standard InChI is InChI=1S/C13H14ClFN4.C13H17FN6/c1-9-17-12(14)11(15)13(18-9)19(2)8-5-10-3-6-16-7-4-10;1-9-17-12(19-15)11(14)13(18-9)20(2)8-5-10-3-6-16-7-4-10/h3-4,6-7H,5,8H2,1-2H3;3-4,6-7H,5,8,15H2,1-2H3,(H,17,18,19). The minimum Gasteiger partial charge on any atom is -0.357 e. The van der Waals surface area contributed by atoms with E-state index in [0.29, 0.717) is 24.7 Å². The summed E-state index contributed by atoms with van der Waals surface area (Å²) in [5, 5.41) is -0.140. The number of pyridine rings is 2. The third-order valence-electron chi connectivity index (χ3n) is 5.68. The Labute approximate surface area is 231 Å². The monoisotopic (exact) mass is 556 g/mol. The third-order valence-corrected chi connectivity index (χ3v) is 5.93. The second-order valence-corrected chi connectivity index (χ2v) is 9.01. The number of likely N-dealkylation sites (N-methyl/N-ethyl adjacent to an activating group) is 2. The Kier molecular flexibility index (Phi) is 10.8. The van der Waals surface area contributed by atoms with Crippen molar-refractivity contribution in [3.05, 3.63) is 88.6 Å². The predicted octanol–water partition coefficient (Wildman–Crippen LogP) is 3.94. The first kappa shape index (κ1) is 29.5. The topological polar surface area (TPSA) is 122 Å². The van der Waals surface area contributed by atoms with E-state index in [1.54, 1.807) is 62.5 Å². The van der Waals surface area contributed by atoms with Crippen LogP contribution >= 0.6 is 11.6 Å². The van der Waals surface area contributed by atoms with Gasteiger partial charge in [0.05, 0.1) is 0 Å². The van der Waals surface area contributed by atoms with E-state index in [1.165, 1.54) is 0 Å². The van der Waals surface area contributed by atoms with Gasteiger partial charge in [-0.3, -0.25) is 9.97 Å². The first-order valence-corrected chi connectivity index (χ1v) is 12.5. The number of aryl methyl sites for hydroxylation is 2. The van der Waals surface area contributed by atoms with Gasteiger partial charge in [0.25, 0.3) is 0 Å². The summed E-state index contributed by atoms with van der Waals surface area (Å²) in [4.78, 5) is 27.3. The summed E-state index contributed by atoms with van der Waals surface area (Å²) in [6.45, 7) is 4.64. The van der Waals surface area contributed by atoms with Gasteiger partial charge in [-0.2, -0.15) is 8.78 Å². The van der Waals surface area contributed by atoms with Crippen LogP contribution in [0.2, 0.25) is 5.15 Å². The van der Waals surface area contributed by atoms with Crippen molar-refractivity contribution in [3.63, 3.8) is 0 Å². The predicted molar refractivity (Wildman–Crippen MR) is 149 cm³/mol. The lowest BCUT2D eigenvalue weighted by Crippen LogP contribution is -2.24. The van der Waals surface area contributed by atoms with Gasteiger partial charge >= 0.3 is 0 Å². The molecule has 0 aliphatic heterocycles. The Balaban J connectivity index is 0.000000216. The minimum atomic E-state index is -0.579. The number of nitrogens with two attached hydrogens (primary N) is 1. The van der Waals surface area contributed by atoms with Gasteiger partial charge in [-0.25, -0.2) is 25.8 Å². The van der Waals surface area contributed by atoms with Gasteiger partial charge in [0.1, 0.15) is 11.6 Å². The summed E-state index contributed by atoms with van der Waals surface area (Å²) < 4.78 is 28.0. The van der Waals surface area contributed by atoms with Gasteiger partial charge in [0.15, 0.2) is 22.6 Å². The number of nitrogens with zero attached hydrogens (tertiary/aromatic N) is 8. The Morgan fingerprint density at radius 2 is 1.18 bits per heavy atom. The highest BCUT2D eigenvalue weighted by Crippen LogP contribution is 2.22. The van der Waals surface area contributed by atoms with Crippen LogP contribution in [0.25, 0.3) is 0 Å². The molecule has 0 saturated carbocycles. The maximum Gasteiger partial charge on any atom is 0.209 e. The molecule has 0 atom stereocenters. The molecule has 4 rings (SSSR count). The van der Waals surface area contributed by atoms with E-state index in [1.807, 2.05) is 24.3 Å². The van der Waals surface area contributed by atoms with E-state index < -0.39 is 11.6 Å². The van der Waals surface area contributed by atoms with Crippen molar-refractivity contribution >= 4 is 29.1 Å². The van der Waals surface area contributed by atoms with Crippen LogP contribution in [0.5, 0.6) is 0 Å². The number of hydrogen-bond acceptors (Lipinski definition) is 10. The maximum absolute atomic E-state index is 14.1. The average Bonchev–Trinajstić information content (AvgIpc) is 2.94. The van der Waals surface area contributed by atoms with Crippen molar-refractivity contribution in [2.75, 3.05) is 42.4 Å². The lowest BCUT2D eigenvalue weighted by atomic mass is 10.2. The zero-order valence-corrected chi connectivity index (χ0v) is 23.0. The molecule has 0 bridgehead atoms. The van der Waals surface area contributed by atoms with Crippen LogP contribution in [0.3, 0.4) is 0 Å². The molecule has 206 valence electrons. The smallest absolute Gasteiger partial charge is 0.209 e. The number of anilines is 3. The fraction of sp³-hybridized carbons (Fsp3) is 0.308. The molecule has 0 radical (unpaired) electrons. The Morgan fingerprint density at radius 3 is 1.64 bits per heavy atom. The maximum atomic E-state index is 14.1. The highest BCUT2D eigenvalue weighted by atomic mass is 35.5. The van der Waals surface area contributed by atoms with Crippen LogP contribution in [0, 0.1) is 25.5 Å². The van der Waals surface area contributed by atoms with Crippen molar-refractivity contribution in [1.29, 1.82) is 0 Å². The molecule has 0 amide bonds. The molecular formula is C26H31ClF2N10. The molecule has 0 aromatic carbocycles. The van der Waals surface area contributed by atoms with E-state index in [9.17, 15) is 8.78 Å². The van der Waals surface area contributed by atoms with Crippen molar-refractivity contribution in [3.8, 4) is 0 Å². The first-order valence-electron chi connectivity index (χ1n) is 12.1. The summed E-state index contributed by atoms with van der Waals surface area (Å²) >= 11 is 5.72. The quantitative estimate of drug-likeness (QED) is 0.178. The number of hydrogen-bond donors (Lipinski definition) is 2. The van der Waals surface area contributed by atoms with Crippen LogP contribution in [-0.2, 0) is 12.8 Å². The van der Waals surface area contributed by atoms with Gasteiger partial charge in [-0.15, -0.1) is 0 Å². The molecule has 0 unspecified atom stereocenters. The van der Waals surface area contributed by atoms with Crippen LogP contribution < -0.4 is 21.1 Å². The van der Waals surface area contributed by atoms with Crippen molar-refractivity contribution < 1.29 is 8.78 Å². The molecule has 13 heteroatoms. The highest BCUT2D eigenvalue weighted by Gasteiger charge is 2.16. The van der Waals surface area contributed by atoms with Gasteiger partial charge in [0.2, 0.25) is 11.6 Å². The fourth-order valence-electron chi connectivity index (χ4n) is 3.56. The van der Waals surface area contributed by atoms with Crippen LogP contribution in [-0.4, -0.2) is 57.1 Å². The number of nitrogen functional groups attached to an aromatic ring is 1. The minimum absolute atomic E-state index is 0.00302. The summed E-state index contributed by atoms with van der Waals surface area (Å²) in [6.07, 6.45) is 8.50. The summed E-state index contributed by atoms with van der Waals surface area (Å²) in [5.74, 6) is 5.51. The Bertz CT molecular complexity index is 1350. The van der Waals surface area contributed by atoms with Gasteiger partial charge in [-0.05, 0) is 62.1 Å². The molecule has 0 spiro atoms. The molecular weight excluding hydrogens is 526 g/mol. The van der Waals surface area contributed by atoms with Crippen molar-refractivity contribution in [2.24, 2.45) is 5.84 Å². The molecule has 4 aromatic rings. The van der Waals surface area contributed by atoms with Gasteiger partial charge in [-0.1, -0.05) is 11.6 Å². The second-order valence-electron chi connectivity index (χ2n) is 8.65. The molecule has 4 aromatic heterocycles. The number of halogens is 3. The zero-order valence-electron chi connectivity index (χ0n) is 22.2. The molecule has 10 nitrogen and oxygen atoms in total. The molecule has 0 saturated heterocycles. The Hall–Kier alpha value is -4.03. The first-order chi connectivity index (χ1) is 18.7. The lowest BCUT2D eigenvalue weighted by Gasteiger charge is -2.20. The third kappa shape index (κ3) is 8.48. The summed E-state index contributed by atoms with van der Waals surface area (Å²) in [7, 11) is 3.56. The van der Waals surface area contributed by atoms with Crippen molar-refractivity contribution in [1.82, 2.24) is 29.9 Å². The molecule has 0 aliphatic rings. The van der Waals surface area contributed by atoms with E-state index in [2.05, 4.69) is 35.3 Å². The van der Waals surface area contributed by atoms with Crippen molar-refractivity contribution in [2.45, 2.75) is 26.7 Å². The van der Waals surface area contributed by atoms with Gasteiger partial charge < -0.3 is 15.2 Å². The number of nitrogens with one attached hydrogen (secondary N) is 1. The molecule has 0 aliphatic carbocycles. The van der Waals surface area contributed by atoms with Gasteiger partial charge in [0, 0.05) is 52.0 Å². The van der Waals surface area contributed by atoms with Crippen LogP contribution in [0.1, 0.15) is 22.8 Å². The summed E-state index contributed by atoms with van der Waals surface area (Å²) in [5.41, 5.74) is 4.52. The Morgan fingerprint density at radius 1 is 0.744 bits per heavy atom. The van der Waals surface area contributed by atoms with E-state index in [0.717, 1.165) is 24.0 Å². The van der Waals surface area contributed by atoms with E-state index in [-0.39, 0.29) is 22.6 Å². The van der Waals surface area contributed by atoms with E-state index in [4.69, 9.17) is 17.4 Å². The average molecular weight is 557 g/mol. The van der Waals surface area contributed by atoms with Crippen LogP contribution in [0.4, 0.5) is 26.2 Å². The summed E-state index contributed by atoms with van der Waals surface area (Å²) in [6, 6.07) is 7.73. The van der Waals surface area contributed by atoms with Crippen LogP contribution in [0.15, 0.2) is 49.1 Å². The number of hydrazine groups is 1. The largest absolute Gasteiger partial charge is 0.357 e. The molecule has 3 N–H and O–H groups in total. The molecule has 0 fully saturated rings. The normalized spacial score (nSPS) is 10.5. The number of aromatic nitrogens is 6. The fourth-order valence-corrected chi connectivity index (χ4v) is 3.77. The molecule has 39 heavy (non-hydrogen) atoms. The SMILES string of the molecule is Cc1nc(Cl)c(F)c(N(C)CCc2ccncc2)n1.Cc1nc(NN)c(F)c(N(C)CCc2ccncc2)n1.